The lowest BCUT2D eigenvalue weighted by Gasteiger charge is -2.28. The van der Waals surface area contributed by atoms with Gasteiger partial charge in [-0.1, -0.05) is 5.92 Å². The zero-order valence-corrected chi connectivity index (χ0v) is 7.98. The Kier molecular flexibility index (Phi) is 3.13. The molecule has 0 aliphatic heterocycles. The maximum absolute atomic E-state index is 5.72. The van der Waals surface area contributed by atoms with Crippen LogP contribution >= 0.6 is 0 Å². The van der Waals surface area contributed by atoms with Gasteiger partial charge in [0.05, 0.1) is 6.54 Å². The molecule has 0 bridgehead atoms. The van der Waals surface area contributed by atoms with Crippen LogP contribution in [-0.2, 0) is 0 Å². The average molecular weight is 166 g/mol. The molecule has 0 spiro atoms. The van der Waals surface area contributed by atoms with E-state index in [0.717, 1.165) is 12.5 Å². The highest BCUT2D eigenvalue weighted by atomic mass is 15.0. The van der Waals surface area contributed by atoms with Gasteiger partial charge >= 0.3 is 0 Å². The Morgan fingerprint density at radius 3 is 2.67 bits per heavy atom. The first-order chi connectivity index (χ1) is 5.73. The Morgan fingerprint density at radius 1 is 1.58 bits per heavy atom. The standard InChI is InChI=1S/C10H18N2/c1-3-4-7-12-10(2,8-11)9-5-6-9/h9,12H,5-8,11H2,1-2H3. The third kappa shape index (κ3) is 2.23. The fraction of sp³-hybridized carbons (Fsp3) is 0.800. The van der Waals surface area contributed by atoms with E-state index in [4.69, 9.17) is 5.73 Å². The summed E-state index contributed by atoms with van der Waals surface area (Å²) in [7, 11) is 0. The highest BCUT2D eigenvalue weighted by Gasteiger charge is 2.39. The van der Waals surface area contributed by atoms with Crippen LogP contribution in [-0.4, -0.2) is 18.6 Å². The Bertz CT molecular complexity index is 198. The van der Waals surface area contributed by atoms with Gasteiger partial charge < -0.3 is 5.73 Å². The first kappa shape index (κ1) is 9.57. The highest BCUT2D eigenvalue weighted by molar-refractivity contribution is 5.04. The molecule has 3 N–H and O–H groups in total. The van der Waals surface area contributed by atoms with Crippen molar-refractivity contribution in [2.24, 2.45) is 11.7 Å². The first-order valence-electron chi connectivity index (χ1n) is 4.57. The zero-order valence-electron chi connectivity index (χ0n) is 7.98. The van der Waals surface area contributed by atoms with Crippen molar-refractivity contribution >= 4 is 0 Å². The molecule has 2 nitrogen and oxygen atoms in total. The minimum atomic E-state index is 0.129. The molecule has 0 amide bonds. The summed E-state index contributed by atoms with van der Waals surface area (Å²) in [5, 5.41) is 3.41. The van der Waals surface area contributed by atoms with Crippen molar-refractivity contribution in [2.75, 3.05) is 13.1 Å². The second kappa shape index (κ2) is 3.93. The first-order valence-corrected chi connectivity index (χ1v) is 4.57. The van der Waals surface area contributed by atoms with Gasteiger partial charge in [-0.25, -0.2) is 0 Å². The molecular formula is C10H18N2. The van der Waals surface area contributed by atoms with Gasteiger partial charge in [-0.15, -0.1) is 5.92 Å². The number of nitrogens with one attached hydrogen (secondary N) is 1. The summed E-state index contributed by atoms with van der Waals surface area (Å²) in [6, 6.07) is 0. The molecule has 0 heterocycles. The second-order valence-electron chi connectivity index (χ2n) is 3.68. The molecule has 68 valence electrons. The molecule has 1 rings (SSSR count). The van der Waals surface area contributed by atoms with E-state index in [0.29, 0.717) is 6.54 Å². The van der Waals surface area contributed by atoms with Crippen molar-refractivity contribution in [1.82, 2.24) is 5.32 Å². The van der Waals surface area contributed by atoms with Gasteiger partial charge in [0.15, 0.2) is 0 Å². The smallest absolute Gasteiger partial charge is 0.0581 e. The van der Waals surface area contributed by atoms with E-state index >= 15 is 0 Å². The summed E-state index contributed by atoms with van der Waals surface area (Å²) in [4.78, 5) is 0. The Labute approximate surface area is 74.9 Å². The molecule has 2 heteroatoms. The Balaban J connectivity index is 2.36. The summed E-state index contributed by atoms with van der Waals surface area (Å²) in [6.45, 7) is 5.53. The SMILES string of the molecule is CC#CCNC(C)(CN)C1CC1. The highest BCUT2D eigenvalue weighted by Crippen LogP contribution is 2.38. The van der Waals surface area contributed by atoms with Crippen LogP contribution in [0.2, 0.25) is 0 Å². The average Bonchev–Trinajstić information content (AvgIpc) is 2.87. The predicted octanol–water partition coefficient (Wildman–Crippen LogP) is 0.727. The van der Waals surface area contributed by atoms with Crippen LogP contribution in [0, 0.1) is 17.8 Å². The maximum Gasteiger partial charge on any atom is 0.0581 e. The van der Waals surface area contributed by atoms with E-state index in [1.807, 2.05) is 6.92 Å². The number of hydrogen-bond donors (Lipinski definition) is 2. The summed E-state index contributed by atoms with van der Waals surface area (Å²) >= 11 is 0. The molecule has 1 aliphatic carbocycles. The van der Waals surface area contributed by atoms with Crippen molar-refractivity contribution in [3.63, 3.8) is 0 Å². The second-order valence-corrected chi connectivity index (χ2v) is 3.68. The van der Waals surface area contributed by atoms with Crippen LogP contribution in [0.5, 0.6) is 0 Å². The number of rotatable bonds is 4. The van der Waals surface area contributed by atoms with Crippen molar-refractivity contribution in [2.45, 2.75) is 32.2 Å². The monoisotopic (exact) mass is 166 g/mol. The molecule has 1 unspecified atom stereocenters. The van der Waals surface area contributed by atoms with Crippen molar-refractivity contribution in [1.29, 1.82) is 0 Å². The summed E-state index contributed by atoms with van der Waals surface area (Å²) < 4.78 is 0. The van der Waals surface area contributed by atoms with Gasteiger partial charge in [0, 0.05) is 12.1 Å². The van der Waals surface area contributed by atoms with Crippen LogP contribution in [0.15, 0.2) is 0 Å². The van der Waals surface area contributed by atoms with Crippen LogP contribution in [0.25, 0.3) is 0 Å². The van der Waals surface area contributed by atoms with Gasteiger partial charge in [0.2, 0.25) is 0 Å². The van der Waals surface area contributed by atoms with Crippen molar-refractivity contribution in [3.8, 4) is 11.8 Å². The van der Waals surface area contributed by atoms with Gasteiger partial charge in [-0.2, -0.15) is 0 Å². The van der Waals surface area contributed by atoms with E-state index in [1.54, 1.807) is 0 Å². The van der Waals surface area contributed by atoms with E-state index in [-0.39, 0.29) is 5.54 Å². The van der Waals surface area contributed by atoms with Gasteiger partial charge in [0.25, 0.3) is 0 Å². The molecule has 0 saturated heterocycles. The Hall–Kier alpha value is -0.520. The lowest BCUT2D eigenvalue weighted by atomic mass is 9.96. The molecule has 0 aromatic heterocycles. The summed E-state index contributed by atoms with van der Waals surface area (Å²) in [5.41, 5.74) is 5.85. The van der Waals surface area contributed by atoms with Crippen molar-refractivity contribution in [3.05, 3.63) is 0 Å². The maximum atomic E-state index is 5.72. The van der Waals surface area contributed by atoms with Crippen LogP contribution < -0.4 is 11.1 Å². The van der Waals surface area contributed by atoms with Crippen LogP contribution in [0.1, 0.15) is 26.7 Å². The Morgan fingerprint density at radius 2 is 2.25 bits per heavy atom. The fourth-order valence-corrected chi connectivity index (χ4v) is 1.44. The number of nitrogens with two attached hydrogens (primary N) is 1. The summed E-state index contributed by atoms with van der Waals surface area (Å²) in [5.74, 6) is 6.65. The normalized spacial score (nSPS) is 20.9. The van der Waals surface area contributed by atoms with Crippen molar-refractivity contribution < 1.29 is 0 Å². The largest absolute Gasteiger partial charge is 0.329 e. The molecule has 1 aliphatic rings. The molecule has 12 heavy (non-hydrogen) atoms. The molecule has 1 saturated carbocycles. The van der Waals surface area contributed by atoms with Crippen LogP contribution in [0.4, 0.5) is 0 Å². The van der Waals surface area contributed by atoms with Gasteiger partial charge in [-0.05, 0) is 32.6 Å². The minimum Gasteiger partial charge on any atom is -0.329 e. The minimum absolute atomic E-state index is 0.129. The lowest BCUT2D eigenvalue weighted by molar-refractivity contribution is 0.335. The van der Waals surface area contributed by atoms with Crippen LogP contribution in [0.3, 0.4) is 0 Å². The topological polar surface area (TPSA) is 38.0 Å². The van der Waals surface area contributed by atoms with Gasteiger partial charge in [0.1, 0.15) is 0 Å². The van der Waals surface area contributed by atoms with E-state index in [2.05, 4.69) is 24.1 Å². The number of hydrogen-bond acceptors (Lipinski definition) is 2. The lowest BCUT2D eigenvalue weighted by Crippen LogP contribution is -2.50. The fourth-order valence-electron chi connectivity index (χ4n) is 1.44. The predicted molar refractivity (Wildman–Crippen MR) is 51.6 cm³/mol. The third-order valence-electron chi connectivity index (χ3n) is 2.66. The summed E-state index contributed by atoms with van der Waals surface area (Å²) in [6.07, 6.45) is 2.64. The molecule has 0 aromatic rings. The van der Waals surface area contributed by atoms with E-state index in [9.17, 15) is 0 Å². The van der Waals surface area contributed by atoms with Gasteiger partial charge in [-0.3, -0.25) is 5.32 Å². The van der Waals surface area contributed by atoms with E-state index < -0.39 is 0 Å². The molecular weight excluding hydrogens is 148 g/mol. The molecule has 0 aromatic carbocycles. The molecule has 1 atom stereocenters. The third-order valence-corrected chi connectivity index (χ3v) is 2.66. The molecule has 1 fully saturated rings. The van der Waals surface area contributed by atoms with E-state index in [1.165, 1.54) is 12.8 Å². The molecule has 0 radical (unpaired) electrons. The quantitative estimate of drug-likeness (QED) is 0.604. The zero-order chi connectivity index (χ0) is 9.03.